The minimum atomic E-state index is 0.929. The number of hydrogen-bond acceptors (Lipinski definition) is 1. The molecule has 0 fully saturated rings. The SMILES string of the molecule is CCn1nc2cc(Br)ccc2c1C. The van der Waals surface area contributed by atoms with Gasteiger partial charge in [0, 0.05) is 22.1 Å². The normalized spacial score (nSPS) is 11.0. The summed E-state index contributed by atoms with van der Waals surface area (Å²) >= 11 is 3.44. The molecule has 0 radical (unpaired) electrons. The lowest BCUT2D eigenvalue weighted by Gasteiger charge is -1.96. The lowest BCUT2D eigenvalue weighted by molar-refractivity contribution is 0.647. The molecule has 0 amide bonds. The van der Waals surface area contributed by atoms with Gasteiger partial charge in [0.25, 0.3) is 0 Å². The molecule has 0 aliphatic carbocycles. The Labute approximate surface area is 85.7 Å². The van der Waals surface area contributed by atoms with Crippen molar-refractivity contribution in [2.45, 2.75) is 20.4 Å². The summed E-state index contributed by atoms with van der Waals surface area (Å²) in [5.74, 6) is 0. The molecule has 0 atom stereocenters. The van der Waals surface area contributed by atoms with Gasteiger partial charge in [-0.05, 0) is 32.0 Å². The van der Waals surface area contributed by atoms with Gasteiger partial charge >= 0.3 is 0 Å². The van der Waals surface area contributed by atoms with E-state index in [1.54, 1.807) is 0 Å². The smallest absolute Gasteiger partial charge is 0.0937 e. The van der Waals surface area contributed by atoms with E-state index in [2.05, 4.69) is 53.1 Å². The van der Waals surface area contributed by atoms with Crippen molar-refractivity contribution in [1.82, 2.24) is 9.78 Å². The maximum atomic E-state index is 4.48. The standard InChI is InChI=1S/C10H11BrN2/c1-3-13-7(2)9-5-4-8(11)6-10(9)12-13/h4-6H,3H2,1-2H3. The van der Waals surface area contributed by atoms with E-state index in [0.717, 1.165) is 16.5 Å². The summed E-state index contributed by atoms with van der Waals surface area (Å²) in [6.45, 7) is 5.14. The van der Waals surface area contributed by atoms with Crippen LogP contribution in [0.2, 0.25) is 0 Å². The lowest BCUT2D eigenvalue weighted by Crippen LogP contribution is -1.97. The van der Waals surface area contributed by atoms with Gasteiger partial charge in [-0.25, -0.2) is 0 Å². The van der Waals surface area contributed by atoms with Crippen molar-refractivity contribution in [3.8, 4) is 0 Å². The largest absolute Gasteiger partial charge is 0.269 e. The number of halogens is 1. The Balaban J connectivity index is 2.76. The van der Waals surface area contributed by atoms with Crippen LogP contribution in [0.1, 0.15) is 12.6 Å². The fourth-order valence-electron chi connectivity index (χ4n) is 1.55. The third-order valence-corrected chi connectivity index (χ3v) is 2.76. The molecule has 68 valence electrons. The highest BCUT2D eigenvalue weighted by molar-refractivity contribution is 9.10. The number of benzene rings is 1. The topological polar surface area (TPSA) is 17.8 Å². The van der Waals surface area contributed by atoms with Crippen molar-refractivity contribution in [2.24, 2.45) is 0 Å². The van der Waals surface area contributed by atoms with Crippen LogP contribution in [0.5, 0.6) is 0 Å². The van der Waals surface area contributed by atoms with Crippen molar-refractivity contribution in [2.75, 3.05) is 0 Å². The molecule has 13 heavy (non-hydrogen) atoms. The van der Waals surface area contributed by atoms with E-state index >= 15 is 0 Å². The van der Waals surface area contributed by atoms with E-state index in [1.165, 1.54) is 11.1 Å². The van der Waals surface area contributed by atoms with E-state index in [9.17, 15) is 0 Å². The first-order chi connectivity index (χ1) is 6.22. The highest BCUT2D eigenvalue weighted by atomic mass is 79.9. The van der Waals surface area contributed by atoms with Gasteiger partial charge in [0.1, 0.15) is 0 Å². The van der Waals surface area contributed by atoms with Crippen molar-refractivity contribution >= 4 is 26.8 Å². The Morgan fingerprint density at radius 2 is 2.23 bits per heavy atom. The lowest BCUT2D eigenvalue weighted by atomic mass is 10.2. The second-order valence-corrected chi connectivity index (χ2v) is 3.98. The van der Waals surface area contributed by atoms with Crippen LogP contribution in [0.4, 0.5) is 0 Å². The molecule has 1 heterocycles. The molecule has 0 bridgehead atoms. The van der Waals surface area contributed by atoms with Crippen molar-refractivity contribution in [3.05, 3.63) is 28.4 Å². The highest BCUT2D eigenvalue weighted by Gasteiger charge is 2.05. The van der Waals surface area contributed by atoms with Crippen LogP contribution in [0.25, 0.3) is 10.9 Å². The summed E-state index contributed by atoms with van der Waals surface area (Å²) < 4.78 is 3.11. The Bertz CT molecular complexity index is 445. The Kier molecular flexibility index (Phi) is 2.12. The molecule has 0 aliphatic heterocycles. The second-order valence-electron chi connectivity index (χ2n) is 3.06. The predicted molar refractivity (Wildman–Crippen MR) is 57.8 cm³/mol. The molecule has 0 saturated carbocycles. The van der Waals surface area contributed by atoms with Gasteiger partial charge in [0.2, 0.25) is 0 Å². The molecule has 1 aromatic heterocycles. The summed E-state index contributed by atoms with van der Waals surface area (Å²) in [6.07, 6.45) is 0. The number of nitrogens with zero attached hydrogens (tertiary/aromatic N) is 2. The van der Waals surface area contributed by atoms with Crippen LogP contribution >= 0.6 is 15.9 Å². The van der Waals surface area contributed by atoms with Gasteiger partial charge in [-0.15, -0.1) is 0 Å². The van der Waals surface area contributed by atoms with Crippen LogP contribution in [0.3, 0.4) is 0 Å². The zero-order valence-corrected chi connectivity index (χ0v) is 9.30. The zero-order valence-electron chi connectivity index (χ0n) is 7.71. The highest BCUT2D eigenvalue weighted by Crippen LogP contribution is 2.21. The second kappa shape index (κ2) is 3.14. The van der Waals surface area contributed by atoms with Gasteiger partial charge in [-0.2, -0.15) is 5.10 Å². The molecule has 1 aromatic carbocycles. The van der Waals surface area contributed by atoms with Gasteiger partial charge in [0.05, 0.1) is 5.52 Å². The molecule has 0 saturated heterocycles. The third kappa shape index (κ3) is 1.37. The average molecular weight is 239 g/mol. The number of rotatable bonds is 1. The van der Waals surface area contributed by atoms with Gasteiger partial charge in [-0.3, -0.25) is 4.68 Å². The Hall–Kier alpha value is -0.830. The first-order valence-corrected chi connectivity index (χ1v) is 5.14. The minimum absolute atomic E-state index is 0.929. The fourth-order valence-corrected chi connectivity index (χ4v) is 1.89. The van der Waals surface area contributed by atoms with Gasteiger partial charge in [-0.1, -0.05) is 15.9 Å². The maximum Gasteiger partial charge on any atom is 0.0937 e. The monoisotopic (exact) mass is 238 g/mol. The van der Waals surface area contributed by atoms with E-state index in [0.29, 0.717) is 0 Å². The third-order valence-electron chi connectivity index (χ3n) is 2.26. The molecule has 0 unspecified atom stereocenters. The van der Waals surface area contributed by atoms with Gasteiger partial charge in [0.15, 0.2) is 0 Å². The quantitative estimate of drug-likeness (QED) is 0.747. The predicted octanol–water partition coefficient (Wildman–Crippen LogP) is 3.13. The summed E-state index contributed by atoms with van der Waals surface area (Å²) in [4.78, 5) is 0. The van der Waals surface area contributed by atoms with E-state index < -0.39 is 0 Å². The van der Waals surface area contributed by atoms with Crippen LogP contribution < -0.4 is 0 Å². The Morgan fingerprint density at radius 1 is 1.46 bits per heavy atom. The van der Waals surface area contributed by atoms with Crippen LogP contribution in [0, 0.1) is 6.92 Å². The van der Waals surface area contributed by atoms with E-state index in [1.807, 2.05) is 4.68 Å². The van der Waals surface area contributed by atoms with Crippen LogP contribution in [-0.2, 0) is 6.54 Å². The maximum absolute atomic E-state index is 4.48. The molecular weight excluding hydrogens is 228 g/mol. The number of hydrogen-bond donors (Lipinski definition) is 0. The number of aromatic nitrogens is 2. The molecule has 3 heteroatoms. The van der Waals surface area contributed by atoms with Crippen LogP contribution in [0.15, 0.2) is 22.7 Å². The average Bonchev–Trinajstić information content (AvgIpc) is 2.42. The molecule has 0 spiro atoms. The minimum Gasteiger partial charge on any atom is -0.269 e. The first-order valence-electron chi connectivity index (χ1n) is 4.35. The molecule has 0 aliphatic rings. The Morgan fingerprint density at radius 3 is 2.92 bits per heavy atom. The van der Waals surface area contributed by atoms with Crippen molar-refractivity contribution in [1.29, 1.82) is 0 Å². The first kappa shape index (κ1) is 8.75. The van der Waals surface area contributed by atoms with E-state index in [4.69, 9.17) is 0 Å². The molecular formula is C10H11BrN2. The zero-order chi connectivity index (χ0) is 9.42. The molecule has 2 rings (SSSR count). The molecule has 2 aromatic rings. The molecule has 2 nitrogen and oxygen atoms in total. The summed E-state index contributed by atoms with van der Waals surface area (Å²) in [7, 11) is 0. The van der Waals surface area contributed by atoms with Gasteiger partial charge < -0.3 is 0 Å². The number of aryl methyl sites for hydroxylation is 2. The van der Waals surface area contributed by atoms with Crippen molar-refractivity contribution in [3.63, 3.8) is 0 Å². The summed E-state index contributed by atoms with van der Waals surface area (Å²) in [6, 6.07) is 6.21. The summed E-state index contributed by atoms with van der Waals surface area (Å²) in [5, 5.41) is 5.72. The van der Waals surface area contributed by atoms with Crippen LogP contribution in [-0.4, -0.2) is 9.78 Å². The summed E-state index contributed by atoms with van der Waals surface area (Å²) in [5.41, 5.74) is 2.30. The molecule has 0 N–H and O–H groups in total. The number of fused-ring (bicyclic) bond motifs is 1. The fraction of sp³-hybridized carbons (Fsp3) is 0.300. The van der Waals surface area contributed by atoms with Crippen molar-refractivity contribution < 1.29 is 0 Å². The van der Waals surface area contributed by atoms with E-state index in [-0.39, 0.29) is 0 Å².